The highest BCUT2D eigenvalue weighted by atomic mass is 16.7. The van der Waals surface area contributed by atoms with Gasteiger partial charge in [-0.15, -0.1) is 6.58 Å². The maximum absolute atomic E-state index is 9.34. The zero-order valence-corrected chi connectivity index (χ0v) is 7.17. The maximum Gasteiger partial charge on any atom is 0.186 e. The Bertz CT molecular complexity index is 172. The first-order valence-corrected chi connectivity index (χ1v) is 4.05. The van der Waals surface area contributed by atoms with Crippen LogP contribution < -0.4 is 0 Å². The molecule has 1 heterocycles. The van der Waals surface area contributed by atoms with Crippen molar-refractivity contribution in [3.63, 3.8) is 0 Å². The molecule has 5 heteroatoms. The van der Waals surface area contributed by atoms with Crippen molar-refractivity contribution in [2.45, 2.75) is 24.6 Å². The van der Waals surface area contributed by atoms with E-state index < -0.39 is 24.6 Å². The molecule has 76 valence electrons. The average Bonchev–Trinajstić information content (AvgIpc) is 2.13. The van der Waals surface area contributed by atoms with E-state index in [1.807, 2.05) is 0 Å². The van der Waals surface area contributed by atoms with Crippen LogP contribution in [-0.4, -0.2) is 53.1 Å². The van der Waals surface area contributed by atoms with E-state index in [1.54, 1.807) is 0 Å². The molecule has 0 aromatic rings. The van der Waals surface area contributed by atoms with E-state index in [2.05, 4.69) is 6.58 Å². The van der Waals surface area contributed by atoms with Gasteiger partial charge in [-0.1, -0.05) is 6.08 Å². The largest absolute Gasteiger partial charge is 0.388 e. The number of hydrogen-bond donors (Lipinski definition) is 3. The lowest BCUT2D eigenvalue weighted by molar-refractivity contribution is -0.266. The standard InChI is InChI=1S/C8H14O5/c1-2-3-12-8-7(11)6(10)5(9)4-13-8/h2,5-11H,1,3-4H2/t5-,6+,7-,8+/m1/s1. The van der Waals surface area contributed by atoms with Crippen LogP contribution in [0.15, 0.2) is 12.7 Å². The summed E-state index contributed by atoms with van der Waals surface area (Å²) in [6.45, 7) is 3.62. The number of hydrogen-bond acceptors (Lipinski definition) is 5. The second kappa shape index (κ2) is 4.69. The highest BCUT2D eigenvalue weighted by molar-refractivity contribution is 4.83. The van der Waals surface area contributed by atoms with Crippen molar-refractivity contribution in [3.05, 3.63) is 12.7 Å². The molecule has 0 aromatic heterocycles. The van der Waals surface area contributed by atoms with Crippen LogP contribution in [0.3, 0.4) is 0 Å². The van der Waals surface area contributed by atoms with Gasteiger partial charge in [-0.25, -0.2) is 0 Å². The summed E-state index contributed by atoms with van der Waals surface area (Å²) in [6, 6.07) is 0. The first-order chi connectivity index (χ1) is 6.16. The van der Waals surface area contributed by atoms with Gasteiger partial charge in [-0.3, -0.25) is 0 Å². The fourth-order valence-electron chi connectivity index (χ4n) is 1.09. The minimum Gasteiger partial charge on any atom is -0.388 e. The highest BCUT2D eigenvalue weighted by Crippen LogP contribution is 2.16. The smallest absolute Gasteiger partial charge is 0.186 e. The van der Waals surface area contributed by atoms with Crippen molar-refractivity contribution >= 4 is 0 Å². The number of aliphatic hydroxyl groups is 3. The molecule has 13 heavy (non-hydrogen) atoms. The summed E-state index contributed by atoms with van der Waals surface area (Å²) in [5.74, 6) is 0. The Morgan fingerprint density at radius 2 is 2.08 bits per heavy atom. The molecule has 0 unspecified atom stereocenters. The van der Waals surface area contributed by atoms with Gasteiger partial charge in [0, 0.05) is 0 Å². The molecule has 1 aliphatic heterocycles. The summed E-state index contributed by atoms with van der Waals surface area (Å²) in [7, 11) is 0. The Hall–Kier alpha value is -0.460. The van der Waals surface area contributed by atoms with Crippen molar-refractivity contribution in [2.24, 2.45) is 0 Å². The summed E-state index contributed by atoms with van der Waals surface area (Å²) in [5.41, 5.74) is 0. The van der Waals surface area contributed by atoms with E-state index in [0.29, 0.717) is 0 Å². The van der Waals surface area contributed by atoms with Gasteiger partial charge in [0.15, 0.2) is 6.29 Å². The Morgan fingerprint density at radius 3 is 2.69 bits per heavy atom. The molecule has 4 atom stereocenters. The first-order valence-electron chi connectivity index (χ1n) is 4.05. The second-order valence-corrected chi connectivity index (χ2v) is 2.87. The van der Waals surface area contributed by atoms with Gasteiger partial charge in [-0.2, -0.15) is 0 Å². The monoisotopic (exact) mass is 190 g/mol. The van der Waals surface area contributed by atoms with Gasteiger partial charge in [0.1, 0.15) is 18.3 Å². The van der Waals surface area contributed by atoms with E-state index >= 15 is 0 Å². The normalized spacial score (nSPS) is 40.2. The van der Waals surface area contributed by atoms with Crippen molar-refractivity contribution in [1.82, 2.24) is 0 Å². The van der Waals surface area contributed by atoms with E-state index in [4.69, 9.17) is 14.6 Å². The number of rotatable bonds is 3. The molecule has 1 fully saturated rings. The molecular weight excluding hydrogens is 176 g/mol. The molecular formula is C8H14O5. The predicted molar refractivity (Wildman–Crippen MR) is 43.9 cm³/mol. The molecule has 0 amide bonds. The lowest BCUT2D eigenvalue weighted by Crippen LogP contribution is -2.53. The van der Waals surface area contributed by atoms with Crippen LogP contribution in [0.1, 0.15) is 0 Å². The first kappa shape index (κ1) is 10.6. The van der Waals surface area contributed by atoms with E-state index in [0.717, 1.165) is 0 Å². The van der Waals surface area contributed by atoms with Crippen LogP contribution in [0.4, 0.5) is 0 Å². The molecule has 0 radical (unpaired) electrons. The lowest BCUT2D eigenvalue weighted by atomic mass is 10.1. The van der Waals surface area contributed by atoms with Crippen LogP contribution in [0.25, 0.3) is 0 Å². The van der Waals surface area contributed by atoms with Crippen molar-refractivity contribution in [1.29, 1.82) is 0 Å². The molecule has 0 bridgehead atoms. The van der Waals surface area contributed by atoms with Gasteiger partial charge in [-0.05, 0) is 0 Å². The fourth-order valence-corrected chi connectivity index (χ4v) is 1.09. The molecule has 0 aliphatic carbocycles. The Labute approximate surface area is 76.2 Å². The second-order valence-electron chi connectivity index (χ2n) is 2.87. The third-order valence-electron chi connectivity index (χ3n) is 1.83. The number of ether oxygens (including phenoxy) is 2. The SMILES string of the molecule is C=CCO[C@H]1OC[C@@H](O)[C@H](O)[C@H]1O. The third kappa shape index (κ3) is 2.49. The Balaban J connectivity index is 2.43. The molecule has 0 saturated carbocycles. The summed E-state index contributed by atoms with van der Waals surface area (Å²) in [4.78, 5) is 0. The predicted octanol–water partition coefficient (Wildman–Crippen LogP) is -1.37. The van der Waals surface area contributed by atoms with E-state index in [-0.39, 0.29) is 13.2 Å². The molecule has 5 nitrogen and oxygen atoms in total. The minimum atomic E-state index is -1.22. The zero-order chi connectivity index (χ0) is 9.84. The van der Waals surface area contributed by atoms with E-state index in [1.165, 1.54) is 6.08 Å². The fraction of sp³-hybridized carbons (Fsp3) is 0.750. The Kier molecular flexibility index (Phi) is 3.83. The highest BCUT2D eigenvalue weighted by Gasteiger charge is 2.37. The molecule has 0 spiro atoms. The van der Waals surface area contributed by atoms with Gasteiger partial charge < -0.3 is 24.8 Å². The summed E-state index contributed by atoms with van der Waals surface area (Å²) < 4.78 is 9.95. The maximum atomic E-state index is 9.34. The number of aliphatic hydroxyl groups excluding tert-OH is 3. The average molecular weight is 190 g/mol. The zero-order valence-electron chi connectivity index (χ0n) is 7.17. The lowest BCUT2D eigenvalue weighted by Gasteiger charge is -2.34. The van der Waals surface area contributed by atoms with Crippen LogP contribution in [0.2, 0.25) is 0 Å². The molecule has 1 saturated heterocycles. The molecule has 0 aromatic carbocycles. The topological polar surface area (TPSA) is 79.2 Å². The third-order valence-corrected chi connectivity index (χ3v) is 1.83. The Morgan fingerprint density at radius 1 is 1.38 bits per heavy atom. The van der Waals surface area contributed by atoms with Gasteiger partial charge in [0.05, 0.1) is 13.2 Å². The van der Waals surface area contributed by atoms with E-state index in [9.17, 15) is 10.2 Å². The quantitative estimate of drug-likeness (QED) is 0.478. The van der Waals surface area contributed by atoms with Crippen molar-refractivity contribution in [3.8, 4) is 0 Å². The molecule has 1 aliphatic rings. The molecule has 3 N–H and O–H groups in total. The summed E-state index contributed by atoms with van der Waals surface area (Å²) >= 11 is 0. The van der Waals surface area contributed by atoms with Gasteiger partial charge >= 0.3 is 0 Å². The summed E-state index contributed by atoms with van der Waals surface area (Å²) in [6.07, 6.45) is -2.88. The van der Waals surface area contributed by atoms with Crippen molar-refractivity contribution in [2.75, 3.05) is 13.2 Å². The van der Waals surface area contributed by atoms with Crippen LogP contribution in [0.5, 0.6) is 0 Å². The van der Waals surface area contributed by atoms with Gasteiger partial charge in [0.2, 0.25) is 0 Å². The van der Waals surface area contributed by atoms with Gasteiger partial charge in [0.25, 0.3) is 0 Å². The van der Waals surface area contributed by atoms with Crippen molar-refractivity contribution < 1.29 is 24.8 Å². The van der Waals surface area contributed by atoms with Crippen LogP contribution >= 0.6 is 0 Å². The molecule has 1 rings (SSSR count). The van der Waals surface area contributed by atoms with Crippen LogP contribution in [-0.2, 0) is 9.47 Å². The summed E-state index contributed by atoms with van der Waals surface area (Å²) in [5, 5.41) is 27.7. The minimum absolute atomic E-state index is 0.0416. The van der Waals surface area contributed by atoms with Crippen LogP contribution in [0, 0.1) is 0 Å².